The van der Waals surface area contributed by atoms with Gasteiger partial charge in [0.2, 0.25) is 11.8 Å². The van der Waals surface area contributed by atoms with Crippen LogP contribution in [0.2, 0.25) is 0 Å². The van der Waals surface area contributed by atoms with Gasteiger partial charge in [0.1, 0.15) is 12.6 Å². The average Bonchev–Trinajstić information content (AvgIpc) is 2.72. The summed E-state index contributed by atoms with van der Waals surface area (Å²) in [5.41, 5.74) is 0. The van der Waals surface area contributed by atoms with Crippen molar-refractivity contribution >= 4 is 17.8 Å². The number of carboxylic acids is 1. The molecular weight excluding hydrogens is 272 g/mol. The highest BCUT2D eigenvalue weighted by Gasteiger charge is 2.37. The lowest BCUT2D eigenvalue weighted by molar-refractivity contribution is -0.156. The third-order valence-electron chi connectivity index (χ3n) is 4.56. The standard InChI is InChI=1S/C15H24N2O4/c1-11-14(20)16(10-13(18)19)8-9-17(11)15(21)12-6-4-2-3-5-7-12/h11-12H,2-10H2,1H3,(H,18,19)/t11-/m0/s1. The Morgan fingerprint density at radius 1 is 1.14 bits per heavy atom. The van der Waals surface area contributed by atoms with Crippen molar-refractivity contribution in [1.82, 2.24) is 9.80 Å². The van der Waals surface area contributed by atoms with E-state index >= 15 is 0 Å². The fourth-order valence-corrected chi connectivity index (χ4v) is 3.31. The smallest absolute Gasteiger partial charge is 0.323 e. The van der Waals surface area contributed by atoms with Crippen LogP contribution in [0.5, 0.6) is 0 Å². The van der Waals surface area contributed by atoms with Crippen molar-refractivity contribution in [3.05, 3.63) is 0 Å². The molecule has 118 valence electrons. The van der Waals surface area contributed by atoms with E-state index in [1.165, 1.54) is 17.7 Å². The first kappa shape index (κ1) is 15.8. The molecule has 1 atom stereocenters. The third kappa shape index (κ3) is 3.74. The van der Waals surface area contributed by atoms with Crippen LogP contribution in [0.1, 0.15) is 45.4 Å². The Balaban J connectivity index is 1.99. The number of nitrogens with zero attached hydrogens (tertiary/aromatic N) is 2. The summed E-state index contributed by atoms with van der Waals surface area (Å²) in [5, 5.41) is 8.81. The van der Waals surface area contributed by atoms with Gasteiger partial charge in [0.05, 0.1) is 0 Å². The summed E-state index contributed by atoms with van der Waals surface area (Å²) in [5.74, 6) is -1.16. The fraction of sp³-hybridized carbons (Fsp3) is 0.800. The highest BCUT2D eigenvalue weighted by atomic mass is 16.4. The van der Waals surface area contributed by atoms with Gasteiger partial charge in [-0.2, -0.15) is 0 Å². The first-order chi connectivity index (χ1) is 10.0. The molecular formula is C15H24N2O4. The molecule has 0 aromatic carbocycles. The van der Waals surface area contributed by atoms with E-state index in [9.17, 15) is 14.4 Å². The zero-order valence-corrected chi connectivity index (χ0v) is 12.6. The van der Waals surface area contributed by atoms with Crippen molar-refractivity contribution in [3.8, 4) is 0 Å². The van der Waals surface area contributed by atoms with Crippen LogP contribution >= 0.6 is 0 Å². The van der Waals surface area contributed by atoms with E-state index < -0.39 is 12.0 Å². The minimum atomic E-state index is -1.01. The van der Waals surface area contributed by atoms with Crippen LogP contribution < -0.4 is 0 Å². The van der Waals surface area contributed by atoms with E-state index in [0.29, 0.717) is 13.1 Å². The summed E-state index contributed by atoms with van der Waals surface area (Å²) in [6, 6.07) is -0.547. The van der Waals surface area contributed by atoms with Gasteiger partial charge in [-0.1, -0.05) is 25.7 Å². The van der Waals surface area contributed by atoms with Gasteiger partial charge in [0.15, 0.2) is 0 Å². The Bertz CT molecular complexity index is 416. The molecule has 1 saturated heterocycles. The van der Waals surface area contributed by atoms with Crippen LogP contribution in [-0.2, 0) is 14.4 Å². The molecule has 1 aliphatic heterocycles. The van der Waals surface area contributed by atoms with Gasteiger partial charge >= 0.3 is 5.97 Å². The lowest BCUT2D eigenvalue weighted by Crippen LogP contribution is -2.59. The van der Waals surface area contributed by atoms with Crippen LogP contribution in [0, 0.1) is 5.92 Å². The van der Waals surface area contributed by atoms with Gasteiger partial charge in [0.25, 0.3) is 0 Å². The van der Waals surface area contributed by atoms with E-state index in [0.717, 1.165) is 25.7 Å². The molecule has 0 unspecified atom stereocenters. The third-order valence-corrected chi connectivity index (χ3v) is 4.56. The van der Waals surface area contributed by atoms with E-state index in [4.69, 9.17) is 5.11 Å². The van der Waals surface area contributed by atoms with Gasteiger partial charge in [-0.25, -0.2) is 0 Å². The van der Waals surface area contributed by atoms with Crippen molar-refractivity contribution in [1.29, 1.82) is 0 Å². The van der Waals surface area contributed by atoms with Crippen LogP contribution in [0.3, 0.4) is 0 Å². The molecule has 2 fully saturated rings. The number of carbonyl (C=O) groups is 3. The molecule has 0 spiro atoms. The van der Waals surface area contributed by atoms with E-state index in [1.807, 2.05) is 0 Å². The summed E-state index contributed by atoms with van der Waals surface area (Å²) in [7, 11) is 0. The van der Waals surface area contributed by atoms with Gasteiger partial charge in [-0.3, -0.25) is 14.4 Å². The molecule has 6 nitrogen and oxygen atoms in total. The number of carbonyl (C=O) groups excluding carboxylic acids is 2. The van der Waals surface area contributed by atoms with Gasteiger partial charge < -0.3 is 14.9 Å². The highest BCUT2D eigenvalue weighted by Crippen LogP contribution is 2.26. The summed E-state index contributed by atoms with van der Waals surface area (Å²) in [6.45, 7) is 2.17. The van der Waals surface area contributed by atoms with Gasteiger partial charge in [-0.05, 0) is 19.8 Å². The molecule has 0 bridgehead atoms. The second-order valence-electron chi connectivity index (χ2n) is 6.05. The second-order valence-corrected chi connectivity index (χ2v) is 6.05. The number of piperazine rings is 1. The lowest BCUT2D eigenvalue weighted by Gasteiger charge is -2.39. The average molecular weight is 296 g/mol. The number of aliphatic carboxylic acids is 1. The molecule has 0 aromatic rings. The van der Waals surface area contributed by atoms with Crippen molar-refractivity contribution in [2.75, 3.05) is 19.6 Å². The molecule has 1 saturated carbocycles. The Hall–Kier alpha value is -1.59. The fourth-order valence-electron chi connectivity index (χ4n) is 3.31. The summed E-state index contributed by atoms with van der Waals surface area (Å²) in [6.07, 6.45) is 6.36. The Kier molecular flexibility index (Phi) is 5.20. The van der Waals surface area contributed by atoms with E-state index in [-0.39, 0.29) is 24.3 Å². The first-order valence-electron chi connectivity index (χ1n) is 7.81. The monoisotopic (exact) mass is 296 g/mol. The number of hydrogen-bond acceptors (Lipinski definition) is 3. The minimum absolute atomic E-state index is 0.0359. The largest absolute Gasteiger partial charge is 0.480 e. The summed E-state index contributed by atoms with van der Waals surface area (Å²) in [4.78, 5) is 38.5. The zero-order valence-electron chi connectivity index (χ0n) is 12.6. The molecule has 2 rings (SSSR count). The highest BCUT2D eigenvalue weighted by molar-refractivity contribution is 5.91. The minimum Gasteiger partial charge on any atom is -0.480 e. The molecule has 2 aliphatic rings. The van der Waals surface area contributed by atoms with Crippen molar-refractivity contribution in [3.63, 3.8) is 0 Å². The maximum Gasteiger partial charge on any atom is 0.323 e. The van der Waals surface area contributed by atoms with E-state index in [1.54, 1.807) is 11.8 Å². The van der Waals surface area contributed by atoms with Crippen molar-refractivity contribution in [2.45, 2.75) is 51.5 Å². The van der Waals surface area contributed by atoms with Crippen molar-refractivity contribution in [2.24, 2.45) is 5.92 Å². The zero-order chi connectivity index (χ0) is 15.4. The molecule has 1 N–H and O–H groups in total. The number of carboxylic acid groups (broad SMARTS) is 1. The van der Waals surface area contributed by atoms with Crippen molar-refractivity contribution < 1.29 is 19.5 Å². The van der Waals surface area contributed by atoms with Crippen LogP contribution in [0.4, 0.5) is 0 Å². The molecule has 0 radical (unpaired) electrons. The second kappa shape index (κ2) is 6.91. The summed E-state index contributed by atoms with van der Waals surface area (Å²) < 4.78 is 0. The molecule has 0 aromatic heterocycles. The maximum atomic E-state index is 12.6. The quantitative estimate of drug-likeness (QED) is 0.791. The maximum absolute atomic E-state index is 12.6. The van der Waals surface area contributed by atoms with Crippen LogP contribution in [0.25, 0.3) is 0 Å². The predicted octanol–water partition coefficient (Wildman–Crippen LogP) is 1.10. The molecule has 1 heterocycles. The lowest BCUT2D eigenvalue weighted by atomic mass is 9.97. The SMILES string of the molecule is C[C@H]1C(=O)N(CC(=O)O)CCN1C(=O)C1CCCCCC1. The van der Waals surface area contributed by atoms with Gasteiger partial charge in [-0.15, -0.1) is 0 Å². The number of hydrogen-bond donors (Lipinski definition) is 1. The van der Waals surface area contributed by atoms with Gasteiger partial charge in [0, 0.05) is 19.0 Å². The molecule has 6 heteroatoms. The van der Waals surface area contributed by atoms with Crippen LogP contribution in [0.15, 0.2) is 0 Å². The number of rotatable bonds is 3. The predicted molar refractivity (Wildman–Crippen MR) is 76.6 cm³/mol. The molecule has 1 aliphatic carbocycles. The topological polar surface area (TPSA) is 77.9 Å². The normalized spacial score (nSPS) is 24.8. The van der Waals surface area contributed by atoms with E-state index in [2.05, 4.69) is 0 Å². The first-order valence-corrected chi connectivity index (χ1v) is 7.81. The Morgan fingerprint density at radius 2 is 1.76 bits per heavy atom. The van der Waals surface area contributed by atoms with Crippen LogP contribution in [-0.4, -0.2) is 58.4 Å². The number of amides is 2. The summed E-state index contributed by atoms with van der Waals surface area (Å²) >= 11 is 0. The molecule has 2 amide bonds. The molecule has 21 heavy (non-hydrogen) atoms. The Labute approximate surface area is 125 Å². The Morgan fingerprint density at radius 3 is 2.33 bits per heavy atom.